The summed E-state index contributed by atoms with van der Waals surface area (Å²) in [7, 11) is 0. The van der Waals surface area contributed by atoms with Gasteiger partial charge in [0, 0.05) is 6.54 Å². The van der Waals surface area contributed by atoms with E-state index in [1.165, 1.54) is 0 Å². The number of carbonyl (C=O) groups is 1. The second kappa shape index (κ2) is 8.11. The summed E-state index contributed by atoms with van der Waals surface area (Å²) < 4.78 is 5.28. The molecule has 3 N–H and O–H groups in total. The van der Waals surface area contributed by atoms with Crippen molar-refractivity contribution in [2.24, 2.45) is 5.92 Å². The number of nitrogens with one attached hydrogen (secondary N) is 3. The Balaban J connectivity index is 1.34. The lowest BCUT2D eigenvalue weighted by Gasteiger charge is -2.17. The fraction of sp³-hybridized carbons (Fsp3) is 0.250. The number of hydrazine groups is 1. The highest BCUT2D eigenvalue weighted by atomic mass is 16.5. The van der Waals surface area contributed by atoms with Gasteiger partial charge in [0.2, 0.25) is 11.8 Å². The third kappa shape index (κ3) is 4.21. The van der Waals surface area contributed by atoms with Crippen molar-refractivity contribution >= 4 is 5.91 Å². The fourth-order valence-electron chi connectivity index (χ4n) is 3.22. The Morgan fingerprint density at radius 2 is 1.85 bits per heavy atom. The number of benzene rings is 2. The van der Waals surface area contributed by atoms with E-state index in [0.29, 0.717) is 24.7 Å². The Kier molecular flexibility index (Phi) is 5.22. The number of hydrogen-bond donors (Lipinski definition) is 3. The van der Waals surface area contributed by atoms with Crippen molar-refractivity contribution in [3.05, 3.63) is 83.5 Å². The van der Waals surface area contributed by atoms with Crippen LogP contribution in [-0.2, 0) is 17.8 Å². The lowest BCUT2D eigenvalue weighted by molar-refractivity contribution is -0.125. The largest absolute Gasteiger partial charge is 0.348 e. The van der Waals surface area contributed by atoms with Gasteiger partial charge in [-0.05, 0) is 11.1 Å². The lowest BCUT2D eigenvalue weighted by Crippen LogP contribution is -2.34. The van der Waals surface area contributed by atoms with Crippen molar-refractivity contribution in [1.82, 2.24) is 26.3 Å². The van der Waals surface area contributed by atoms with Crippen LogP contribution in [0.2, 0.25) is 0 Å². The molecule has 0 spiro atoms. The van der Waals surface area contributed by atoms with E-state index in [1.807, 2.05) is 60.7 Å². The van der Waals surface area contributed by atoms with Gasteiger partial charge in [0.15, 0.2) is 5.82 Å². The highest BCUT2D eigenvalue weighted by Gasteiger charge is 2.33. The maximum Gasteiger partial charge on any atom is 0.231 e. The maximum absolute atomic E-state index is 12.6. The smallest absolute Gasteiger partial charge is 0.231 e. The zero-order valence-electron chi connectivity index (χ0n) is 14.8. The third-order valence-electron chi connectivity index (χ3n) is 4.61. The molecule has 1 aliphatic rings. The number of amides is 1. The van der Waals surface area contributed by atoms with E-state index in [4.69, 9.17) is 4.52 Å². The summed E-state index contributed by atoms with van der Waals surface area (Å²) in [5.74, 6) is 0.764. The van der Waals surface area contributed by atoms with Gasteiger partial charge in [0.25, 0.3) is 0 Å². The Morgan fingerprint density at radius 3 is 2.63 bits per heavy atom. The number of nitrogens with zero attached hydrogens (tertiary/aromatic N) is 2. The van der Waals surface area contributed by atoms with Gasteiger partial charge >= 0.3 is 0 Å². The molecular weight excluding hydrogens is 342 g/mol. The van der Waals surface area contributed by atoms with Crippen LogP contribution >= 0.6 is 0 Å². The summed E-state index contributed by atoms with van der Waals surface area (Å²) in [5, 5.41) is 6.87. The highest BCUT2D eigenvalue weighted by molar-refractivity contribution is 5.80. The average Bonchev–Trinajstić information content (AvgIpc) is 3.37. The maximum atomic E-state index is 12.6. The molecule has 2 unspecified atom stereocenters. The summed E-state index contributed by atoms with van der Waals surface area (Å²) in [6, 6.07) is 19.8. The summed E-state index contributed by atoms with van der Waals surface area (Å²) in [6.45, 7) is 0.812. The minimum Gasteiger partial charge on any atom is -0.348 e. The molecule has 0 saturated carbocycles. The molecule has 3 aromatic rings. The van der Waals surface area contributed by atoms with Crippen molar-refractivity contribution in [2.45, 2.75) is 19.0 Å². The van der Waals surface area contributed by atoms with Gasteiger partial charge in [-0.15, -0.1) is 0 Å². The second-order valence-corrected chi connectivity index (χ2v) is 6.50. The van der Waals surface area contributed by atoms with Crippen LogP contribution in [0.3, 0.4) is 0 Å². The van der Waals surface area contributed by atoms with Crippen LogP contribution in [0.1, 0.15) is 28.9 Å². The van der Waals surface area contributed by atoms with Crippen LogP contribution in [0, 0.1) is 5.92 Å². The first kappa shape index (κ1) is 17.4. The summed E-state index contributed by atoms with van der Waals surface area (Å²) >= 11 is 0. The van der Waals surface area contributed by atoms with Gasteiger partial charge in [-0.2, -0.15) is 4.98 Å². The van der Waals surface area contributed by atoms with Crippen molar-refractivity contribution in [1.29, 1.82) is 0 Å². The molecule has 7 heteroatoms. The molecule has 2 aromatic carbocycles. The molecule has 1 aromatic heterocycles. The monoisotopic (exact) mass is 363 g/mol. The highest BCUT2D eigenvalue weighted by Crippen LogP contribution is 2.24. The van der Waals surface area contributed by atoms with Gasteiger partial charge in [-0.25, -0.2) is 5.43 Å². The molecule has 1 amide bonds. The molecule has 0 radical (unpaired) electrons. The van der Waals surface area contributed by atoms with Crippen LogP contribution in [0.15, 0.2) is 65.2 Å². The van der Waals surface area contributed by atoms with Gasteiger partial charge in [0.1, 0.15) is 0 Å². The first-order chi connectivity index (χ1) is 13.3. The van der Waals surface area contributed by atoms with Crippen molar-refractivity contribution in [2.75, 3.05) is 6.54 Å². The number of carbonyl (C=O) groups excluding carboxylic acids is 1. The fourth-order valence-corrected chi connectivity index (χ4v) is 3.22. The molecule has 1 aliphatic heterocycles. The van der Waals surface area contributed by atoms with E-state index >= 15 is 0 Å². The third-order valence-corrected chi connectivity index (χ3v) is 4.61. The molecule has 4 rings (SSSR count). The van der Waals surface area contributed by atoms with Crippen LogP contribution in [0.5, 0.6) is 0 Å². The number of aromatic nitrogens is 2. The van der Waals surface area contributed by atoms with Crippen molar-refractivity contribution in [3.8, 4) is 0 Å². The SMILES string of the molecule is O=C(NCc1noc(Cc2ccccc2)n1)C1CNNC1c1ccccc1. The van der Waals surface area contributed by atoms with Crippen LogP contribution in [0.25, 0.3) is 0 Å². The molecule has 0 bridgehead atoms. The topological polar surface area (TPSA) is 92.1 Å². The lowest BCUT2D eigenvalue weighted by atomic mass is 9.94. The molecular formula is C20H21N5O2. The molecule has 2 atom stereocenters. The quantitative estimate of drug-likeness (QED) is 0.618. The zero-order valence-corrected chi connectivity index (χ0v) is 14.8. The molecule has 1 fully saturated rings. The van der Waals surface area contributed by atoms with E-state index in [9.17, 15) is 4.79 Å². The predicted molar refractivity (Wildman–Crippen MR) is 99.2 cm³/mol. The van der Waals surface area contributed by atoms with Gasteiger partial charge in [-0.3, -0.25) is 10.2 Å². The Hall–Kier alpha value is -3.03. The minimum atomic E-state index is -0.205. The molecule has 7 nitrogen and oxygen atoms in total. The van der Waals surface area contributed by atoms with Crippen LogP contribution in [-0.4, -0.2) is 22.6 Å². The summed E-state index contributed by atoms with van der Waals surface area (Å²) in [4.78, 5) is 17.0. The summed E-state index contributed by atoms with van der Waals surface area (Å²) in [6.07, 6.45) is 0.578. The van der Waals surface area contributed by atoms with E-state index in [1.54, 1.807) is 0 Å². The van der Waals surface area contributed by atoms with E-state index in [0.717, 1.165) is 11.1 Å². The van der Waals surface area contributed by atoms with E-state index < -0.39 is 0 Å². The Bertz CT molecular complexity index is 882. The van der Waals surface area contributed by atoms with Crippen molar-refractivity contribution in [3.63, 3.8) is 0 Å². The average molecular weight is 363 g/mol. The first-order valence-corrected chi connectivity index (χ1v) is 8.96. The first-order valence-electron chi connectivity index (χ1n) is 8.96. The van der Waals surface area contributed by atoms with Gasteiger partial charge < -0.3 is 9.84 Å². The minimum absolute atomic E-state index is 0.0456. The van der Waals surface area contributed by atoms with Gasteiger partial charge in [-0.1, -0.05) is 65.8 Å². The van der Waals surface area contributed by atoms with Gasteiger partial charge in [0.05, 0.1) is 24.9 Å². The zero-order chi connectivity index (χ0) is 18.5. The Morgan fingerprint density at radius 1 is 1.11 bits per heavy atom. The molecule has 1 saturated heterocycles. The van der Waals surface area contributed by atoms with E-state index in [-0.39, 0.29) is 24.4 Å². The molecule has 0 aliphatic carbocycles. The van der Waals surface area contributed by atoms with Crippen LogP contribution < -0.4 is 16.2 Å². The molecule has 2 heterocycles. The standard InChI is InChI=1S/C20H21N5O2/c26-20(16-12-22-24-19(16)15-9-5-2-6-10-15)21-13-17-23-18(27-25-17)11-14-7-3-1-4-8-14/h1-10,16,19,22,24H,11-13H2,(H,21,26). The molecule has 138 valence electrons. The normalized spacial score (nSPS) is 19.1. The summed E-state index contributed by atoms with van der Waals surface area (Å²) in [5.41, 5.74) is 8.42. The van der Waals surface area contributed by atoms with E-state index in [2.05, 4.69) is 26.3 Å². The predicted octanol–water partition coefficient (Wildman–Crippen LogP) is 1.74. The second-order valence-electron chi connectivity index (χ2n) is 6.50. The van der Waals surface area contributed by atoms with Crippen LogP contribution in [0.4, 0.5) is 0 Å². The molecule has 27 heavy (non-hydrogen) atoms. The van der Waals surface area contributed by atoms with Crippen molar-refractivity contribution < 1.29 is 9.32 Å². The number of rotatable bonds is 6. The Labute approximate surface area is 157 Å². The number of hydrogen-bond acceptors (Lipinski definition) is 6.